The molecule has 42 valence electrons. The van der Waals surface area contributed by atoms with Gasteiger partial charge in [0, 0.05) is 0 Å². The van der Waals surface area contributed by atoms with Crippen LogP contribution in [0.25, 0.3) is 0 Å². The van der Waals surface area contributed by atoms with Crippen LogP contribution in [0.5, 0.6) is 0 Å². The van der Waals surface area contributed by atoms with Crippen molar-refractivity contribution in [2.75, 3.05) is 0 Å². The Bertz CT molecular complexity index is 83.7. The third kappa shape index (κ3) is 2.34. The Morgan fingerprint density at radius 3 is 2.00 bits per heavy atom. The topological polar surface area (TPSA) is 40.5 Å². The van der Waals surface area contributed by atoms with E-state index in [0.29, 0.717) is 6.42 Å². The van der Waals surface area contributed by atoms with Crippen LogP contribution in [0.4, 0.5) is 0 Å². The maximum atomic E-state index is 8.12. The molecule has 0 unspecified atom stereocenters. The van der Waals surface area contributed by atoms with Gasteiger partial charge in [0.05, 0.1) is 5.03 Å². The van der Waals surface area contributed by atoms with E-state index in [-0.39, 0.29) is 5.03 Å². The largest absolute Gasteiger partial charge is 0.480 e. The monoisotopic (exact) mass is 122 g/mol. The van der Waals surface area contributed by atoms with E-state index >= 15 is 0 Å². The lowest BCUT2D eigenvalue weighted by atomic mass is 10.5. The molecule has 7 heavy (non-hydrogen) atoms. The quantitative estimate of drug-likeness (QED) is 0.522. The summed E-state index contributed by atoms with van der Waals surface area (Å²) >= 11 is 5.18. The lowest BCUT2D eigenvalue weighted by Crippen LogP contribution is -1.78. The molecule has 0 aliphatic carbocycles. The van der Waals surface area contributed by atoms with Gasteiger partial charge in [-0.1, -0.05) is 18.5 Å². The predicted octanol–water partition coefficient (Wildman–Crippen LogP) is 1.92. The molecule has 0 aliphatic rings. The van der Waals surface area contributed by atoms with Crippen molar-refractivity contribution in [1.82, 2.24) is 0 Å². The Hall–Kier alpha value is -0.370. The Balaban J connectivity index is 3.72. The second-order valence-electron chi connectivity index (χ2n) is 1.08. The fourth-order valence-electron chi connectivity index (χ4n) is 0.158. The summed E-state index contributed by atoms with van der Waals surface area (Å²) in [5, 5.41) is 16.3. The molecule has 0 amide bonds. The van der Waals surface area contributed by atoms with Gasteiger partial charge in [-0.3, -0.25) is 0 Å². The molecule has 0 atom stereocenters. The second kappa shape index (κ2) is 2.75. The van der Waals surface area contributed by atoms with E-state index in [1.165, 1.54) is 0 Å². The summed E-state index contributed by atoms with van der Waals surface area (Å²) in [6.07, 6.45) is 0.462. The molecule has 0 radical (unpaired) electrons. The Morgan fingerprint density at radius 2 is 2.00 bits per heavy atom. The van der Waals surface area contributed by atoms with Crippen molar-refractivity contribution in [1.29, 1.82) is 0 Å². The number of aliphatic hydroxyl groups excluding tert-OH is 1. The van der Waals surface area contributed by atoms with Crippen LogP contribution in [0.15, 0.2) is 11.0 Å². The summed E-state index contributed by atoms with van der Waals surface area (Å²) < 4.78 is 0. The summed E-state index contributed by atoms with van der Waals surface area (Å²) in [5.41, 5.74) is 0. The molecule has 0 heterocycles. The van der Waals surface area contributed by atoms with Gasteiger partial charge in [-0.15, -0.1) is 0 Å². The first-order valence-corrected chi connectivity index (χ1v) is 2.32. The number of allylic oxidation sites excluding steroid dienone is 1. The van der Waals surface area contributed by atoms with Gasteiger partial charge in [0.25, 0.3) is 5.95 Å². The van der Waals surface area contributed by atoms with E-state index in [1.807, 2.05) is 0 Å². The summed E-state index contributed by atoms with van der Waals surface area (Å²) in [4.78, 5) is 0. The van der Waals surface area contributed by atoms with Crippen LogP contribution >= 0.6 is 11.6 Å². The lowest BCUT2D eigenvalue weighted by molar-refractivity contribution is 0.187. The highest BCUT2D eigenvalue weighted by Gasteiger charge is 1.92. The summed E-state index contributed by atoms with van der Waals surface area (Å²) in [5.74, 6) is -0.774. The Morgan fingerprint density at radius 1 is 1.57 bits per heavy atom. The highest BCUT2D eigenvalue weighted by molar-refractivity contribution is 6.29. The van der Waals surface area contributed by atoms with Gasteiger partial charge in [-0.05, 0) is 6.42 Å². The maximum absolute atomic E-state index is 8.12. The van der Waals surface area contributed by atoms with E-state index in [1.54, 1.807) is 6.92 Å². The molecule has 0 saturated carbocycles. The SMILES string of the molecule is CCC(Cl)=C(O)O. The zero-order valence-electron chi connectivity index (χ0n) is 3.98. The van der Waals surface area contributed by atoms with E-state index in [9.17, 15) is 0 Å². The highest BCUT2D eigenvalue weighted by Crippen LogP contribution is 2.07. The summed E-state index contributed by atoms with van der Waals surface area (Å²) in [6, 6.07) is 0. The molecule has 3 heteroatoms. The first kappa shape index (κ1) is 6.63. The lowest BCUT2D eigenvalue weighted by Gasteiger charge is -1.88. The van der Waals surface area contributed by atoms with Crippen LogP contribution in [0.2, 0.25) is 0 Å². The van der Waals surface area contributed by atoms with Gasteiger partial charge in [0.2, 0.25) is 0 Å². The zero-order chi connectivity index (χ0) is 5.86. The normalized spacial score (nSPS) is 8.29. The fraction of sp³-hybridized carbons (Fsp3) is 0.500. The van der Waals surface area contributed by atoms with Crippen molar-refractivity contribution < 1.29 is 10.2 Å². The third-order valence-corrected chi connectivity index (χ3v) is 0.989. The molecule has 0 aromatic heterocycles. The highest BCUT2D eigenvalue weighted by atomic mass is 35.5. The molecule has 0 aliphatic heterocycles. The van der Waals surface area contributed by atoms with Crippen LogP contribution in [0.3, 0.4) is 0 Å². The smallest absolute Gasteiger partial charge is 0.289 e. The minimum absolute atomic E-state index is 0.0972. The molecule has 0 bridgehead atoms. The van der Waals surface area contributed by atoms with Gasteiger partial charge in [0.1, 0.15) is 0 Å². The average molecular weight is 123 g/mol. The number of rotatable bonds is 1. The van der Waals surface area contributed by atoms with Crippen molar-refractivity contribution in [3.8, 4) is 0 Å². The molecule has 2 nitrogen and oxygen atoms in total. The van der Waals surface area contributed by atoms with E-state index in [0.717, 1.165) is 0 Å². The Labute approximate surface area is 47.0 Å². The molecule has 0 rings (SSSR count). The number of hydrogen-bond acceptors (Lipinski definition) is 2. The van der Waals surface area contributed by atoms with E-state index in [4.69, 9.17) is 21.8 Å². The molecule has 0 aromatic carbocycles. The van der Waals surface area contributed by atoms with Crippen LogP contribution < -0.4 is 0 Å². The third-order valence-electron chi connectivity index (χ3n) is 0.553. The molecule has 0 saturated heterocycles. The number of aliphatic hydroxyl groups is 2. The van der Waals surface area contributed by atoms with Crippen LogP contribution in [-0.2, 0) is 0 Å². The second-order valence-corrected chi connectivity index (χ2v) is 1.54. The van der Waals surface area contributed by atoms with Gasteiger partial charge >= 0.3 is 0 Å². The summed E-state index contributed by atoms with van der Waals surface area (Å²) in [6.45, 7) is 1.73. The van der Waals surface area contributed by atoms with Gasteiger partial charge in [-0.2, -0.15) is 0 Å². The standard InChI is InChI=1S/C4H7ClO2/c1-2-3(5)4(6)7/h6-7H,2H2,1H3. The minimum Gasteiger partial charge on any atom is -0.480 e. The average Bonchev–Trinajstić information content (AvgIpc) is 1.65. The Kier molecular flexibility index (Phi) is 2.60. The van der Waals surface area contributed by atoms with Crippen LogP contribution in [-0.4, -0.2) is 10.2 Å². The number of hydrogen-bond donors (Lipinski definition) is 2. The van der Waals surface area contributed by atoms with Gasteiger partial charge in [-0.25, -0.2) is 0 Å². The van der Waals surface area contributed by atoms with Crippen molar-refractivity contribution in [3.63, 3.8) is 0 Å². The zero-order valence-corrected chi connectivity index (χ0v) is 4.74. The predicted molar refractivity (Wildman–Crippen MR) is 28.4 cm³/mol. The maximum Gasteiger partial charge on any atom is 0.289 e. The number of halogens is 1. The first-order valence-electron chi connectivity index (χ1n) is 1.95. The molecular formula is C4H7ClO2. The molecule has 0 aromatic rings. The van der Waals surface area contributed by atoms with Crippen molar-refractivity contribution in [2.24, 2.45) is 0 Å². The molecule has 2 N–H and O–H groups in total. The minimum atomic E-state index is -0.774. The fourth-order valence-corrected chi connectivity index (χ4v) is 0.158. The summed E-state index contributed by atoms with van der Waals surface area (Å²) in [7, 11) is 0. The van der Waals surface area contributed by atoms with Gasteiger partial charge < -0.3 is 10.2 Å². The molecular weight excluding hydrogens is 115 g/mol. The van der Waals surface area contributed by atoms with Gasteiger partial charge in [0.15, 0.2) is 0 Å². The molecule has 0 fully saturated rings. The van der Waals surface area contributed by atoms with Crippen molar-refractivity contribution in [3.05, 3.63) is 11.0 Å². The van der Waals surface area contributed by atoms with Crippen LogP contribution in [0.1, 0.15) is 13.3 Å². The van der Waals surface area contributed by atoms with Crippen LogP contribution in [0, 0.1) is 0 Å². The first-order chi connectivity index (χ1) is 3.18. The van der Waals surface area contributed by atoms with E-state index in [2.05, 4.69) is 0 Å². The van der Waals surface area contributed by atoms with E-state index < -0.39 is 5.95 Å². The van der Waals surface area contributed by atoms with Crippen molar-refractivity contribution >= 4 is 11.6 Å². The van der Waals surface area contributed by atoms with Crippen molar-refractivity contribution in [2.45, 2.75) is 13.3 Å². The molecule has 0 spiro atoms.